The van der Waals surface area contributed by atoms with Gasteiger partial charge in [-0.3, -0.25) is 9.36 Å². The Labute approximate surface area is 212 Å². The molecular weight excluding hydrogens is 468 g/mol. The number of nitriles is 1. The van der Waals surface area contributed by atoms with Crippen LogP contribution in [-0.2, 0) is 0 Å². The Hall–Kier alpha value is -5.30. The second-order valence-electron chi connectivity index (χ2n) is 8.20. The maximum absolute atomic E-state index is 14.2. The Morgan fingerprint density at radius 3 is 2.65 bits per heavy atom. The Morgan fingerprint density at radius 1 is 1.08 bits per heavy atom. The molecular formula is C27H22N8O2. The molecule has 0 bridgehead atoms. The van der Waals surface area contributed by atoms with Crippen molar-refractivity contribution in [1.29, 1.82) is 5.26 Å². The van der Waals surface area contributed by atoms with Crippen LogP contribution in [0.25, 0.3) is 27.7 Å². The van der Waals surface area contributed by atoms with Gasteiger partial charge in [0.05, 0.1) is 35.9 Å². The van der Waals surface area contributed by atoms with Gasteiger partial charge in [0.15, 0.2) is 0 Å². The highest BCUT2D eigenvalue weighted by Gasteiger charge is 2.21. The van der Waals surface area contributed by atoms with E-state index in [-0.39, 0.29) is 22.9 Å². The third-order valence-electron chi connectivity index (χ3n) is 5.86. The smallest absolute Gasteiger partial charge is 0.266 e. The molecule has 0 aliphatic heterocycles. The normalized spacial score (nSPS) is 11.6. The second-order valence-corrected chi connectivity index (χ2v) is 8.20. The first-order valence-corrected chi connectivity index (χ1v) is 11.4. The van der Waals surface area contributed by atoms with Gasteiger partial charge < -0.3 is 15.8 Å². The topological polar surface area (TPSA) is 145 Å². The van der Waals surface area contributed by atoms with E-state index < -0.39 is 6.04 Å². The van der Waals surface area contributed by atoms with Crippen molar-refractivity contribution in [1.82, 2.24) is 24.5 Å². The predicted molar refractivity (Wildman–Crippen MR) is 140 cm³/mol. The van der Waals surface area contributed by atoms with Crippen LogP contribution in [0.5, 0.6) is 5.88 Å². The first kappa shape index (κ1) is 23.4. The molecule has 182 valence electrons. The summed E-state index contributed by atoms with van der Waals surface area (Å²) in [6, 6.07) is 19.9. The van der Waals surface area contributed by atoms with Gasteiger partial charge in [0.1, 0.15) is 23.3 Å². The van der Waals surface area contributed by atoms with E-state index in [1.54, 1.807) is 30.0 Å². The summed E-state index contributed by atoms with van der Waals surface area (Å²) >= 11 is 0. The first-order chi connectivity index (χ1) is 18.0. The molecule has 5 rings (SSSR count). The molecule has 0 radical (unpaired) electrons. The SMILES string of the molecule is COc1cc(-c2cccc3nc(C(C)Nc4nc(N)ncc4C#N)n(-c4ccccc4)c(=O)c23)ccn1. The van der Waals surface area contributed by atoms with Crippen LogP contribution in [0.4, 0.5) is 11.8 Å². The standard InChI is InChI=1S/C27H22N8O2/c1-16(32-24-18(14-28)15-31-27(29)34-24)25-33-21-10-6-9-20(17-11-12-30-22(13-17)37-2)23(21)26(36)35(25)19-7-4-3-5-8-19/h3-13,15-16H,1-2H3,(H3,29,31,32,34). The molecule has 0 aliphatic carbocycles. The molecule has 3 aromatic heterocycles. The summed E-state index contributed by atoms with van der Waals surface area (Å²) in [7, 11) is 1.54. The van der Waals surface area contributed by atoms with Gasteiger partial charge >= 0.3 is 0 Å². The highest BCUT2D eigenvalue weighted by Crippen LogP contribution is 2.29. The molecule has 37 heavy (non-hydrogen) atoms. The summed E-state index contributed by atoms with van der Waals surface area (Å²) in [5.74, 6) is 1.17. The molecule has 2 aromatic carbocycles. The first-order valence-electron chi connectivity index (χ1n) is 11.4. The average molecular weight is 491 g/mol. The van der Waals surface area contributed by atoms with Crippen molar-refractivity contribution in [3.05, 3.63) is 94.8 Å². The Morgan fingerprint density at radius 2 is 1.89 bits per heavy atom. The summed E-state index contributed by atoms with van der Waals surface area (Å²) in [6.45, 7) is 1.84. The number of pyridine rings is 1. The largest absolute Gasteiger partial charge is 0.481 e. The quantitative estimate of drug-likeness (QED) is 0.362. The van der Waals surface area contributed by atoms with Crippen molar-refractivity contribution in [3.63, 3.8) is 0 Å². The van der Waals surface area contributed by atoms with Crippen molar-refractivity contribution in [2.75, 3.05) is 18.2 Å². The Kier molecular flexibility index (Phi) is 6.18. The maximum atomic E-state index is 14.2. The zero-order valence-corrected chi connectivity index (χ0v) is 20.1. The Balaban J connectivity index is 1.74. The van der Waals surface area contributed by atoms with E-state index in [4.69, 9.17) is 15.5 Å². The number of hydrogen-bond donors (Lipinski definition) is 2. The third-order valence-corrected chi connectivity index (χ3v) is 5.86. The van der Waals surface area contributed by atoms with E-state index in [0.29, 0.717) is 33.9 Å². The molecule has 10 nitrogen and oxygen atoms in total. The van der Waals surface area contributed by atoms with Crippen molar-refractivity contribution in [2.24, 2.45) is 0 Å². The van der Waals surface area contributed by atoms with Crippen LogP contribution in [0.1, 0.15) is 24.4 Å². The van der Waals surface area contributed by atoms with Crippen LogP contribution in [0.3, 0.4) is 0 Å². The van der Waals surface area contributed by atoms with Crippen molar-refractivity contribution in [2.45, 2.75) is 13.0 Å². The van der Waals surface area contributed by atoms with Gasteiger partial charge in [0, 0.05) is 12.3 Å². The van der Waals surface area contributed by atoms with E-state index in [2.05, 4.69) is 26.3 Å². The van der Waals surface area contributed by atoms with Gasteiger partial charge in [-0.1, -0.05) is 30.3 Å². The van der Waals surface area contributed by atoms with E-state index in [9.17, 15) is 10.1 Å². The fourth-order valence-corrected chi connectivity index (χ4v) is 4.15. The minimum atomic E-state index is -0.525. The number of nitrogens with two attached hydrogens (primary N) is 1. The number of anilines is 2. The van der Waals surface area contributed by atoms with E-state index >= 15 is 0 Å². The van der Waals surface area contributed by atoms with Crippen LogP contribution in [-0.4, -0.2) is 31.6 Å². The average Bonchev–Trinajstić information content (AvgIpc) is 2.93. The summed E-state index contributed by atoms with van der Waals surface area (Å²) < 4.78 is 6.85. The van der Waals surface area contributed by atoms with Crippen LogP contribution in [0.15, 0.2) is 77.9 Å². The number of nitrogens with one attached hydrogen (secondary N) is 1. The van der Waals surface area contributed by atoms with Gasteiger partial charge in [-0.15, -0.1) is 0 Å². The Bertz CT molecular complexity index is 1710. The molecule has 0 saturated heterocycles. The second kappa shape index (κ2) is 9.75. The lowest BCUT2D eigenvalue weighted by molar-refractivity contribution is 0.398. The predicted octanol–water partition coefficient (Wildman–Crippen LogP) is 3.87. The van der Waals surface area contributed by atoms with Crippen molar-refractivity contribution in [3.8, 4) is 28.8 Å². The number of methoxy groups -OCH3 is 1. The number of rotatable bonds is 6. The van der Waals surface area contributed by atoms with Gasteiger partial charge in [-0.2, -0.15) is 10.2 Å². The van der Waals surface area contributed by atoms with E-state index in [1.807, 2.05) is 55.5 Å². The molecule has 0 aliphatic rings. The third kappa shape index (κ3) is 4.41. The molecule has 3 N–H and O–H groups in total. The number of para-hydroxylation sites is 1. The number of hydrogen-bond acceptors (Lipinski definition) is 9. The molecule has 0 saturated carbocycles. The number of fused-ring (bicyclic) bond motifs is 1. The lowest BCUT2D eigenvalue weighted by atomic mass is 10.0. The number of aromatic nitrogens is 5. The van der Waals surface area contributed by atoms with Crippen LogP contribution in [0.2, 0.25) is 0 Å². The fourth-order valence-electron chi connectivity index (χ4n) is 4.15. The zero-order chi connectivity index (χ0) is 25.9. The van der Waals surface area contributed by atoms with E-state index in [0.717, 1.165) is 5.56 Å². The van der Waals surface area contributed by atoms with Gasteiger partial charge in [-0.05, 0) is 42.3 Å². The van der Waals surface area contributed by atoms with Crippen LogP contribution >= 0.6 is 0 Å². The molecule has 0 spiro atoms. The van der Waals surface area contributed by atoms with E-state index in [1.165, 1.54) is 6.20 Å². The van der Waals surface area contributed by atoms with Crippen LogP contribution in [0, 0.1) is 11.3 Å². The number of nitrogen functional groups attached to an aromatic ring is 1. The van der Waals surface area contributed by atoms with Gasteiger partial charge in [-0.25, -0.2) is 15.0 Å². The number of benzene rings is 2. The fraction of sp³-hybridized carbons (Fsp3) is 0.111. The minimum Gasteiger partial charge on any atom is -0.481 e. The zero-order valence-electron chi connectivity index (χ0n) is 20.1. The number of nitrogens with zero attached hydrogens (tertiary/aromatic N) is 6. The van der Waals surface area contributed by atoms with Crippen LogP contribution < -0.4 is 21.3 Å². The summed E-state index contributed by atoms with van der Waals surface area (Å²) in [6.07, 6.45) is 2.99. The highest BCUT2D eigenvalue weighted by atomic mass is 16.5. The van der Waals surface area contributed by atoms with Crippen molar-refractivity contribution >= 4 is 22.7 Å². The lowest BCUT2D eigenvalue weighted by Gasteiger charge is -2.21. The summed E-state index contributed by atoms with van der Waals surface area (Å²) in [4.78, 5) is 31.3. The minimum absolute atomic E-state index is 0.0260. The molecule has 0 amide bonds. The molecule has 5 aromatic rings. The maximum Gasteiger partial charge on any atom is 0.266 e. The summed E-state index contributed by atoms with van der Waals surface area (Å²) in [5, 5.41) is 13.1. The molecule has 1 unspecified atom stereocenters. The highest BCUT2D eigenvalue weighted by molar-refractivity contribution is 5.94. The van der Waals surface area contributed by atoms with Gasteiger partial charge in [0.2, 0.25) is 11.8 Å². The van der Waals surface area contributed by atoms with Gasteiger partial charge in [0.25, 0.3) is 5.56 Å². The lowest BCUT2D eigenvalue weighted by Crippen LogP contribution is -2.28. The summed E-state index contributed by atoms with van der Waals surface area (Å²) in [5.41, 5.74) is 8.40. The molecule has 10 heteroatoms. The molecule has 3 heterocycles. The number of ether oxygens (including phenoxy) is 1. The monoisotopic (exact) mass is 490 g/mol. The molecule has 0 fully saturated rings. The molecule has 1 atom stereocenters. The van der Waals surface area contributed by atoms with Crippen molar-refractivity contribution < 1.29 is 4.74 Å².